The first-order chi connectivity index (χ1) is 11.5. The van der Waals surface area contributed by atoms with Crippen molar-refractivity contribution in [2.45, 2.75) is 39.0 Å². The zero-order chi connectivity index (χ0) is 16.9. The molecule has 3 aliphatic rings. The van der Waals surface area contributed by atoms with Gasteiger partial charge in [0.05, 0.1) is 11.0 Å². The van der Waals surface area contributed by atoms with Crippen LogP contribution >= 0.6 is 0 Å². The zero-order valence-electron chi connectivity index (χ0n) is 14.8. The monoisotopic (exact) mass is 329 g/mol. The highest BCUT2D eigenvalue weighted by molar-refractivity contribution is 5.96. The van der Waals surface area contributed by atoms with Gasteiger partial charge in [0.25, 0.3) is 5.91 Å². The lowest BCUT2D eigenvalue weighted by Gasteiger charge is -2.39. The van der Waals surface area contributed by atoms with Gasteiger partial charge in [0.1, 0.15) is 0 Å². The van der Waals surface area contributed by atoms with E-state index >= 15 is 0 Å². The fourth-order valence-electron chi connectivity index (χ4n) is 4.37. The Balaban J connectivity index is 1.49. The zero-order valence-corrected chi connectivity index (χ0v) is 14.8. The molecule has 1 spiro atoms. The Labute approximate surface area is 143 Å². The minimum Gasteiger partial charge on any atom is -0.354 e. The van der Waals surface area contributed by atoms with Gasteiger partial charge >= 0.3 is 0 Å². The van der Waals surface area contributed by atoms with E-state index < -0.39 is 0 Å². The maximum Gasteiger partial charge on any atom is 0.255 e. The van der Waals surface area contributed by atoms with E-state index in [1.54, 1.807) is 0 Å². The second-order valence-electron chi connectivity index (χ2n) is 7.98. The van der Waals surface area contributed by atoms with E-state index in [1.165, 1.54) is 12.8 Å². The molecule has 3 heterocycles. The topological polar surface area (TPSA) is 45.6 Å². The Morgan fingerprint density at radius 3 is 2.75 bits per heavy atom. The van der Waals surface area contributed by atoms with Gasteiger partial charge in [0, 0.05) is 45.1 Å². The molecule has 130 valence electrons. The van der Waals surface area contributed by atoms with Gasteiger partial charge in [-0.2, -0.15) is 0 Å². The van der Waals surface area contributed by atoms with E-state index in [0.29, 0.717) is 19.0 Å². The van der Waals surface area contributed by atoms with Crippen LogP contribution in [0.2, 0.25) is 0 Å². The first-order valence-corrected chi connectivity index (χ1v) is 9.21. The second-order valence-corrected chi connectivity index (χ2v) is 7.98. The molecule has 5 heteroatoms. The largest absolute Gasteiger partial charge is 0.354 e. The third-order valence-electron chi connectivity index (χ3n) is 6.25. The van der Waals surface area contributed by atoms with Gasteiger partial charge in [0.2, 0.25) is 5.91 Å². The highest BCUT2D eigenvalue weighted by Gasteiger charge is 2.50. The summed E-state index contributed by atoms with van der Waals surface area (Å²) in [5.41, 5.74) is 1.45. The molecule has 1 aromatic heterocycles. The summed E-state index contributed by atoms with van der Waals surface area (Å²) in [7, 11) is 1.96. The number of amides is 2. The molecule has 1 aromatic rings. The summed E-state index contributed by atoms with van der Waals surface area (Å²) in [6.45, 7) is 5.12. The van der Waals surface area contributed by atoms with Crippen molar-refractivity contribution in [3.63, 3.8) is 0 Å². The van der Waals surface area contributed by atoms with E-state index in [0.717, 1.165) is 49.5 Å². The first kappa shape index (κ1) is 15.7. The van der Waals surface area contributed by atoms with Gasteiger partial charge in [-0.05, 0) is 51.0 Å². The summed E-state index contributed by atoms with van der Waals surface area (Å²) in [5, 5.41) is 0. The minimum absolute atomic E-state index is 0.0806. The highest BCUT2D eigenvalue weighted by atomic mass is 16.2. The van der Waals surface area contributed by atoms with Gasteiger partial charge in [-0.15, -0.1) is 0 Å². The Hall–Kier alpha value is -1.78. The van der Waals surface area contributed by atoms with Crippen LogP contribution in [0.4, 0.5) is 0 Å². The molecule has 0 unspecified atom stereocenters. The van der Waals surface area contributed by atoms with E-state index in [-0.39, 0.29) is 11.3 Å². The second kappa shape index (κ2) is 5.64. The van der Waals surface area contributed by atoms with Crippen molar-refractivity contribution in [3.05, 3.63) is 23.5 Å². The molecule has 2 amide bonds. The van der Waals surface area contributed by atoms with Crippen molar-refractivity contribution < 1.29 is 9.59 Å². The molecule has 0 radical (unpaired) electrons. The molecule has 5 nitrogen and oxygen atoms in total. The van der Waals surface area contributed by atoms with E-state index in [2.05, 4.69) is 4.90 Å². The van der Waals surface area contributed by atoms with Crippen molar-refractivity contribution in [1.82, 2.24) is 14.4 Å². The van der Waals surface area contributed by atoms with E-state index in [1.807, 2.05) is 35.7 Å². The molecule has 0 aromatic carbocycles. The number of hydrogen-bond acceptors (Lipinski definition) is 2. The summed E-state index contributed by atoms with van der Waals surface area (Å²) in [5.74, 6) is 1.12. The number of rotatable bonds is 3. The molecule has 3 fully saturated rings. The number of carbonyl (C=O) groups is 2. The summed E-state index contributed by atoms with van der Waals surface area (Å²) in [6, 6.07) is 1.89. The lowest BCUT2D eigenvalue weighted by Crippen LogP contribution is -2.51. The lowest BCUT2D eigenvalue weighted by molar-refractivity contribution is -0.145. The van der Waals surface area contributed by atoms with Crippen LogP contribution in [0.15, 0.2) is 12.3 Å². The Bertz CT molecular complexity index is 676. The normalized spacial score (nSPS) is 27.3. The molecular weight excluding hydrogens is 302 g/mol. The maximum absolute atomic E-state index is 13.1. The van der Waals surface area contributed by atoms with Crippen LogP contribution in [0, 0.1) is 18.3 Å². The van der Waals surface area contributed by atoms with Gasteiger partial charge in [-0.1, -0.05) is 0 Å². The fraction of sp³-hybridized carbons (Fsp3) is 0.684. The number of aromatic nitrogens is 1. The summed E-state index contributed by atoms with van der Waals surface area (Å²) >= 11 is 0. The molecule has 4 rings (SSSR count). The molecule has 1 atom stereocenters. The van der Waals surface area contributed by atoms with Gasteiger partial charge in [-0.3, -0.25) is 9.59 Å². The number of piperidine rings is 1. The molecule has 2 aliphatic heterocycles. The quantitative estimate of drug-likeness (QED) is 0.853. The van der Waals surface area contributed by atoms with Gasteiger partial charge in [0.15, 0.2) is 0 Å². The third kappa shape index (κ3) is 2.54. The average molecular weight is 329 g/mol. The van der Waals surface area contributed by atoms with Crippen molar-refractivity contribution in [2.24, 2.45) is 18.4 Å². The molecule has 1 aliphatic carbocycles. The smallest absolute Gasteiger partial charge is 0.255 e. The number of likely N-dealkylation sites (tertiary alicyclic amines) is 2. The van der Waals surface area contributed by atoms with E-state index in [4.69, 9.17) is 0 Å². The lowest BCUT2D eigenvalue weighted by atomic mass is 9.78. The SMILES string of the molecule is Cc1c(C(=O)N2CC[C@]3(CCCN(CC4CC4)C3=O)C2)ccn1C. The number of aryl methyl sites for hydroxylation is 1. The molecule has 1 saturated carbocycles. The van der Waals surface area contributed by atoms with E-state index in [9.17, 15) is 9.59 Å². The van der Waals surface area contributed by atoms with Crippen LogP contribution in [0.1, 0.15) is 48.2 Å². The van der Waals surface area contributed by atoms with Crippen LogP contribution in [0.3, 0.4) is 0 Å². The number of nitrogens with zero attached hydrogens (tertiary/aromatic N) is 3. The fourth-order valence-corrected chi connectivity index (χ4v) is 4.37. The Morgan fingerprint density at radius 2 is 2.08 bits per heavy atom. The molecule has 0 N–H and O–H groups in total. The van der Waals surface area contributed by atoms with Crippen LogP contribution < -0.4 is 0 Å². The van der Waals surface area contributed by atoms with Crippen molar-refractivity contribution in [1.29, 1.82) is 0 Å². The Kier molecular flexibility index (Phi) is 3.70. The van der Waals surface area contributed by atoms with Crippen LogP contribution in [-0.4, -0.2) is 52.4 Å². The van der Waals surface area contributed by atoms with Gasteiger partial charge < -0.3 is 14.4 Å². The molecule has 24 heavy (non-hydrogen) atoms. The standard InChI is InChI=1S/C19H27N3O2/c1-14-16(6-10-20(14)2)17(23)22-11-8-19(13-22)7-3-9-21(18(19)24)12-15-4-5-15/h6,10,15H,3-5,7-9,11-13H2,1-2H3/t19-/m1/s1. The van der Waals surface area contributed by atoms with Crippen LogP contribution in [0.25, 0.3) is 0 Å². The average Bonchev–Trinajstić information content (AvgIpc) is 3.19. The summed E-state index contributed by atoms with van der Waals surface area (Å²) < 4.78 is 1.97. The van der Waals surface area contributed by atoms with Crippen LogP contribution in [0.5, 0.6) is 0 Å². The van der Waals surface area contributed by atoms with Crippen molar-refractivity contribution >= 4 is 11.8 Å². The number of hydrogen-bond donors (Lipinski definition) is 0. The van der Waals surface area contributed by atoms with Crippen molar-refractivity contribution in [3.8, 4) is 0 Å². The summed E-state index contributed by atoms with van der Waals surface area (Å²) in [4.78, 5) is 29.9. The highest BCUT2D eigenvalue weighted by Crippen LogP contribution is 2.42. The van der Waals surface area contributed by atoms with Crippen molar-refractivity contribution in [2.75, 3.05) is 26.2 Å². The predicted molar refractivity (Wildman–Crippen MR) is 91.6 cm³/mol. The molecule has 0 bridgehead atoms. The third-order valence-corrected chi connectivity index (χ3v) is 6.25. The number of carbonyl (C=O) groups excluding carboxylic acids is 2. The van der Waals surface area contributed by atoms with Crippen LogP contribution in [-0.2, 0) is 11.8 Å². The first-order valence-electron chi connectivity index (χ1n) is 9.21. The molecule has 2 saturated heterocycles. The Morgan fingerprint density at radius 1 is 1.29 bits per heavy atom. The predicted octanol–water partition coefficient (Wildman–Crippen LogP) is 2.20. The maximum atomic E-state index is 13.1. The summed E-state index contributed by atoms with van der Waals surface area (Å²) in [6.07, 6.45) is 7.31. The minimum atomic E-state index is -0.314. The van der Waals surface area contributed by atoms with Gasteiger partial charge in [-0.25, -0.2) is 0 Å². The molecular formula is C19H27N3O2.